The summed E-state index contributed by atoms with van der Waals surface area (Å²) >= 11 is 12.0. The van der Waals surface area contributed by atoms with Gasteiger partial charge in [-0.15, -0.1) is 0 Å². The Bertz CT molecular complexity index is 606. The molecule has 2 rings (SSSR count). The molecule has 0 atom stereocenters. The first-order valence-electron chi connectivity index (χ1n) is 5.90. The Labute approximate surface area is 127 Å². The molecule has 106 valence electrons. The fraction of sp³-hybridized carbons (Fsp3) is 0.214. The number of hydrogen-bond acceptors (Lipinski definition) is 4. The van der Waals surface area contributed by atoms with Gasteiger partial charge in [-0.25, -0.2) is 0 Å². The molecular formula is C14H14Cl2N2O2. The highest BCUT2D eigenvalue weighted by Crippen LogP contribution is 2.31. The Kier molecular flexibility index (Phi) is 4.93. The standard InChI is InChI=1S/C14H14Cl2N2O2/c1-19-13-5-6-17-12(14(13)20-2)8-18-11-7-9(15)3-4-10(11)16/h3-7,18H,8H2,1-2H3. The van der Waals surface area contributed by atoms with Gasteiger partial charge in [-0.05, 0) is 18.2 Å². The van der Waals surface area contributed by atoms with Crippen molar-refractivity contribution in [2.75, 3.05) is 19.5 Å². The third-order valence-corrected chi connectivity index (χ3v) is 3.31. The lowest BCUT2D eigenvalue weighted by Crippen LogP contribution is -2.05. The molecule has 1 N–H and O–H groups in total. The second kappa shape index (κ2) is 6.68. The van der Waals surface area contributed by atoms with Crippen LogP contribution >= 0.6 is 23.2 Å². The molecule has 0 spiro atoms. The molecule has 2 aromatic rings. The van der Waals surface area contributed by atoms with Crippen LogP contribution in [0.1, 0.15) is 5.69 Å². The van der Waals surface area contributed by atoms with E-state index in [-0.39, 0.29) is 0 Å². The van der Waals surface area contributed by atoms with Crippen molar-refractivity contribution in [1.82, 2.24) is 4.98 Å². The van der Waals surface area contributed by atoms with Gasteiger partial charge in [0.25, 0.3) is 0 Å². The highest BCUT2D eigenvalue weighted by molar-refractivity contribution is 6.35. The number of hydrogen-bond donors (Lipinski definition) is 1. The topological polar surface area (TPSA) is 43.4 Å². The zero-order valence-electron chi connectivity index (χ0n) is 11.1. The van der Waals surface area contributed by atoms with Gasteiger partial charge in [-0.2, -0.15) is 0 Å². The fourth-order valence-electron chi connectivity index (χ4n) is 1.79. The summed E-state index contributed by atoms with van der Waals surface area (Å²) in [5.74, 6) is 1.23. The van der Waals surface area contributed by atoms with Crippen molar-refractivity contribution in [2.24, 2.45) is 0 Å². The minimum atomic E-state index is 0.445. The zero-order chi connectivity index (χ0) is 14.5. The van der Waals surface area contributed by atoms with E-state index in [1.165, 1.54) is 0 Å². The number of halogens is 2. The quantitative estimate of drug-likeness (QED) is 0.905. The van der Waals surface area contributed by atoms with E-state index in [4.69, 9.17) is 32.7 Å². The molecule has 1 heterocycles. The van der Waals surface area contributed by atoms with E-state index in [0.29, 0.717) is 28.1 Å². The molecule has 0 unspecified atom stereocenters. The smallest absolute Gasteiger partial charge is 0.184 e. The van der Waals surface area contributed by atoms with Gasteiger partial charge in [-0.3, -0.25) is 4.98 Å². The normalized spacial score (nSPS) is 10.2. The van der Waals surface area contributed by atoms with E-state index in [1.54, 1.807) is 44.7 Å². The summed E-state index contributed by atoms with van der Waals surface area (Å²) in [6.07, 6.45) is 1.66. The summed E-state index contributed by atoms with van der Waals surface area (Å²) in [5.41, 5.74) is 1.47. The van der Waals surface area contributed by atoms with Crippen LogP contribution in [0, 0.1) is 0 Å². The van der Waals surface area contributed by atoms with Gasteiger partial charge in [0.2, 0.25) is 0 Å². The van der Waals surface area contributed by atoms with E-state index in [1.807, 2.05) is 0 Å². The molecule has 0 aliphatic carbocycles. The molecule has 0 saturated heterocycles. The first kappa shape index (κ1) is 14.8. The summed E-state index contributed by atoms with van der Waals surface area (Å²) < 4.78 is 10.6. The Morgan fingerprint density at radius 2 is 1.95 bits per heavy atom. The molecule has 20 heavy (non-hydrogen) atoms. The second-order valence-electron chi connectivity index (χ2n) is 3.97. The number of anilines is 1. The van der Waals surface area contributed by atoms with Gasteiger partial charge in [-0.1, -0.05) is 23.2 Å². The van der Waals surface area contributed by atoms with Crippen LogP contribution in [0.3, 0.4) is 0 Å². The molecule has 6 heteroatoms. The molecule has 1 aromatic carbocycles. The van der Waals surface area contributed by atoms with Crippen LogP contribution in [-0.2, 0) is 6.54 Å². The van der Waals surface area contributed by atoms with Gasteiger partial charge in [0, 0.05) is 17.3 Å². The Balaban J connectivity index is 2.20. The Morgan fingerprint density at radius 3 is 2.65 bits per heavy atom. The van der Waals surface area contributed by atoms with Crippen molar-refractivity contribution < 1.29 is 9.47 Å². The lowest BCUT2D eigenvalue weighted by Gasteiger charge is -2.13. The Morgan fingerprint density at radius 1 is 1.15 bits per heavy atom. The number of rotatable bonds is 5. The SMILES string of the molecule is COc1ccnc(CNc2cc(Cl)ccc2Cl)c1OC. The molecule has 0 amide bonds. The first-order chi connectivity index (χ1) is 9.65. The third-order valence-electron chi connectivity index (χ3n) is 2.74. The largest absolute Gasteiger partial charge is 0.493 e. The minimum Gasteiger partial charge on any atom is -0.493 e. The molecule has 0 fully saturated rings. The highest BCUT2D eigenvalue weighted by Gasteiger charge is 2.11. The van der Waals surface area contributed by atoms with E-state index >= 15 is 0 Å². The van der Waals surface area contributed by atoms with Crippen LogP contribution in [-0.4, -0.2) is 19.2 Å². The third kappa shape index (κ3) is 3.26. The fourth-order valence-corrected chi connectivity index (χ4v) is 2.14. The van der Waals surface area contributed by atoms with Crippen LogP contribution in [0.25, 0.3) is 0 Å². The molecular weight excluding hydrogens is 299 g/mol. The maximum absolute atomic E-state index is 6.10. The minimum absolute atomic E-state index is 0.445. The van der Waals surface area contributed by atoms with Crippen molar-refractivity contribution in [3.05, 3.63) is 46.2 Å². The average molecular weight is 313 g/mol. The second-order valence-corrected chi connectivity index (χ2v) is 4.81. The van der Waals surface area contributed by atoms with Crippen LogP contribution in [0.4, 0.5) is 5.69 Å². The maximum Gasteiger partial charge on any atom is 0.184 e. The summed E-state index contributed by atoms with van der Waals surface area (Å²) in [6, 6.07) is 6.98. The van der Waals surface area contributed by atoms with Crippen LogP contribution in [0.2, 0.25) is 10.0 Å². The molecule has 0 bridgehead atoms. The maximum atomic E-state index is 6.10. The number of ether oxygens (including phenoxy) is 2. The van der Waals surface area contributed by atoms with Gasteiger partial charge in [0.15, 0.2) is 11.5 Å². The zero-order valence-corrected chi connectivity index (χ0v) is 12.6. The van der Waals surface area contributed by atoms with E-state index < -0.39 is 0 Å². The lowest BCUT2D eigenvalue weighted by atomic mass is 10.2. The molecule has 1 aromatic heterocycles. The summed E-state index contributed by atoms with van der Waals surface area (Å²) in [7, 11) is 3.16. The molecule has 0 saturated carbocycles. The summed E-state index contributed by atoms with van der Waals surface area (Å²) in [5, 5.41) is 4.39. The van der Waals surface area contributed by atoms with Crippen molar-refractivity contribution >= 4 is 28.9 Å². The monoisotopic (exact) mass is 312 g/mol. The van der Waals surface area contributed by atoms with Crippen LogP contribution in [0.15, 0.2) is 30.5 Å². The Hall–Kier alpha value is -1.65. The van der Waals surface area contributed by atoms with E-state index in [2.05, 4.69) is 10.3 Å². The van der Waals surface area contributed by atoms with Crippen molar-refractivity contribution in [2.45, 2.75) is 6.54 Å². The van der Waals surface area contributed by atoms with Gasteiger partial charge in [0.1, 0.15) is 5.69 Å². The predicted octanol–water partition coefficient (Wildman–Crippen LogP) is 4.02. The van der Waals surface area contributed by atoms with Crippen LogP contribution < -0.4 is 14.8 Å². The van der Waals surface area contributed by atoms with Crippen molar-refractivity contribution in [1.29, 1.82) is 0 Å². The molecule has 0 radical (unpaired) electrons. The van der Waals surface area contributed by atoms with Crippen molar-refractivity contribution in [3.8, 4) is 11.5 Å². The predicted molar refractivity (Wildman–Crippen MR) is 81.1 cm³/mol. The van der Waals surface area contributed by atoms with Gasteiger partial charge < -0.3 is 14.8 Å². The van der Waals surface area contributed by atoms with Gasteiger partial charge >= 0.3 is 0 Å². The van der Waals surface area contributed by atoms with Crippen molar-refractivity contribution in [3.63, 3.8) is 0 Å². The highest BCUT2D eigenvalue weighted by atomic mass is 35.5. The first-order valence-corrected chi connectivity index (χ1v) is 6.66. The number of aromatic nitrogens is 1. The number of methoxy groups -OCH3 is 2. The van der Waals surface area contributed by atoms with Gasteiger partial charge in [0.05, 0.1) is 31.5 Å². The summed E-state index contributed by atoms with van der Waals surface area (Å²) in [4.78, 5) is 4.28. The lowest BCUT2D eigenvalue weighted by molar-refractivity contribution is 0.350. The molecule has 0 aliphatic rings. The van der Waals surface area contributed by atoms with Crippen LogP contribution in [0.5, 0.6) is 11.5 Å². The van der Waals surface area contributed by atoms with E-state index in [0.717, 1.165) is 11.4 Å². The number of pyridine rings is 1. The van der Waals surface area contributed by atoms with E-state index in [9.17, 15) is 0 Å². The number of benzene rings is 1. The summed E-state index contributed by atoms with van der Waals surface area (Å²) in [6.45, 7) is 0.445. The number of nitrogens with one attached hydrogen (secondary N) is 1. The average Bonchev–Trinajstić information content (AvgIpc) is 2.47. The number of nitrogens with zero attached hydrogens (tertiary/aromatic N) is 1. The molecule has 0 aliphatic heterocycles. The molecule has 4 nitrogen and oxygen atoms in total.